The molecule has 0 radical (unpaired) electrons. The molecule has 1 fully saturated rings. The number of fused-ring (bicyclic) bond motifs is 1. The summed E-state index contributed by atoms with van der Waals surface area (Å²) in [5, 5.41) is 4.18. The van der Waals surface area contributed by atoms with Crippen molar-refractivity contribution in [1.82, 2.24) is 4.98 Å². The Labute approximate surface area is 168 Å². The third-order valence-corrected chi connectivity index (χ3v) is 6.20. The van der Waals surface area contributed by atoms with Gasteiger partial charge in [-0.2, -0.15) is 0 Å². The minimum absolute atomic E-state index is 0.0536. The topological polar surface area (TPSA) is 60.1 Å². The molecule has 0 bridgehead atoms. The molecule has 3 aromatic rings. The lowest BCUT2D eigenvalue weighted by atomic mass is 10.3. The van der Waals surface area contributed by atoms with E-state index in [9.17, 15) is 4.79 Å². The Hall–Kier alpha value is -2.48. The molecule has 1 aliphatic heterocycles. The number of nitrogens with one attached hydrogen (secondary N) is 3. The first-order valence-corrected chi connectivity index (χ1v) is 10.5. The number of carbonyl (C=O) groups is 1. The Kier molecular flexibility index (Phi) is 5.85. The van der Waals surface area contributed by atoms with Crippen molar-refractivity contribution in [2.24, 2.45) is 0 Å². The normalized spacial score (nSPS) is 19.5. The van der Waals surface area contributed by atoms with Crippen LogP contribution in [0, 0.1) is 0 Å². The van der Waals surface area contributed by atoms with Gasteiger partial charge in [0, 0.05) is 11.8 Å². The summed E-state index contributed by atoms with van der Waals surface area (Å²) in [6, 6.07) is 15.8. The van der Waals surface area contributed by atoms with E-state index in [-0.39, 0.29) is 5.91 Å². The van der Waals surface area contributed by atoms with Crippen LogP contribution in [0.5, 0.6) is 5.75 Å². The van der Waals surface area contributed by atoms with Gasteiger partial charge < -0.3 is 19.9 Å². The number of carbonyl (C=O) groups excluding carboxylic acids is 1. The largest absolute Gasteiger partial charge is 0.497 e. The molecule has 0 aliphatic carbocycles. The van der Waals surface area contributed by atoms with Gasteiger partial charge in [-0.05, 0) is 24.3 Å². The summed E-state index contributed by atoms with van der Waals surface area (Å²) in [6.45, 7) is 5.63. The molecule has 146 valence electrons. The number of thiazole rings is 1. The molecule has 4 rings (SSSR count). The zero-order chi connectivity index (χ0) is 19.3. The van der Waals surface area contributed by atoms with Crippen LogP contribution in [-0.4, -0.2) is 50.7 Å². The molecule has 1 amide bonds. The molecule has 2 heterocycles. The Morgan fingerprint density at radius 3 is 2.68 bits per heavy atom. The number of anilines is 1. The van der Waals surface area contributed by atoms with Gasteiger partial charge in [0.15, 0.2) is 6.54 Å². The molecule has 1 saturated heterocycles. The fraction of sp³-hybridized carbons (Fsp3) is 0.333. The molecule has 6 nitrogen and oxygen atoms in total. The number of ether oxygens (including phenoxy) is 1. The van der Waals surface area contributed by atoms with Crippen molar-refractivity contribution in [1.29, 1.82) is 0 Å². The van der Waals surface area contributed by atoms with Crippen LogP contribution in [0.4, 0.5) is 5.69 Å². The summed E-state index contributed by atoms with van der Waals surface area (Å²) in [7, 11) is 1.63. The van der Waals surface area contributed by atoms with Crippen molar-refractivity contribution in [2.75, 3.05) is 45.2 Å². The van der Waals surface area contributed by atoms with E-state index in [1.807, 2.05) is 30.3 Å². The van der Waals surface area contributed by atoms with Gasteiger partial charge in [0.25, 0.3) is 5.91 Å². The molecule has 0 saturated carbocycles. The maximum absolute atomic E-state index is 12.4. The molecular formula is C21H26N4O2S+2. The summed E-state index contributed by atoms with van der Waals surface area (Å²) in [6.07, 6.45) is 0. The Bertz CT molecular complexity index is 917. The number of amides is 1. The second-order valence-corrected chi connectivity index (χ2v) is 8.32. The van der Waals surface area contributed by atoms with Gasteiger partial charge in [0.05, 0.1) is 17.3 Å². The predicted octanol–water partition coefficient (Wildman–Crippen LogP) is 0.227. The van der Waals surface area contributed by atoms with Crippen LogP contribution in [0.25, 0.3) is 10.2 Å². The number of hydrogen-bond donors (Lipinski definition) is 3. The first-order chi connectivity index (χ1) is 13.7. The van der Waals surface area contributed by atoms with E-state index < -0.39 is 0 Å². The van der Waals surface area contributed by atoms with Gasteiger partial charge >= 0.3 is 0 Å². The highest BCUT2D eigenvalue weighted by Crippen LogP contribution is 2.20. The van der Waals surface area contributed by atoms with E-state index >= 15 is 0 Å². The van der Waals surface area contributed by atoms with Gasteiger partial charge in [-0.15, -0.1) is 11.3 Å². The molecule has 7 heteroatoms. The molecule has 1 aromatic heterocycles. The van der Waals surface area contributed by atoms with Crippen LogP contribution in [0.2, 0.25) is 0 Å². The van der Waals surface area contributed by atoms with Crippen LogP contribution >= 0.6 is 11.3 Å². The molecule has 2 aromatic carbocycles. The average molecular weight is 399 g/mol. The summed E-state index contributed by atoms with van der Waals surface area (Å²) >= 11 is 1.79. The zero-order valence-corrected chi connectivity index (χ0v) is 16.8. The Balaban J connectivity index is 1.25. The van der Waals surface area contributed by atoms with Gasteiger partial charge in [-0.3, -0.25) is 4.79 Å². The number of piperazine rings is 1. The summed E-state index contributed by atoms with van der Waals surface area (Å²) in [5.74, 6) is 0.801. The highest BCUT2D eigenvalue weighted by Gasteiger charge is 2.25. The van der Waals surface area contributed by atoms with E-state index in [1.165, 1.54) is 14.6 Å². The van der Waals surface area contributed by atoms with E-state index in [0.29, 0.717) is 6.54 Å². The van der Waals surface area contributed by atoms with E-state index in [4.69, 9.17) is 9.72 Å². The van der Waals surface area contributed by atoms with Crippen LogP contribution in [0.15, 0.2) is 48.5 Å². The second-order valence-electron chi connectivity index (χ2n) is 7.21. The number of benzene rings is 2. The molecule has 0 spiro atoms. The molecule has 1 aliphatic rings. The maximum Gasteiger partial charge on any atom is 0.279 e. The number of quaternary nitrogens is 2. The van der Waals surface area contributed by atoms with Crippen molar-refractivity contribution >= 4 is 33.1 Å². The first kappa shape index (κ1) is 18.9. The third-order valence-electron chi connectivity index (χ3n) is 5.17. The minimum atomic E-state index is 0.0536. The summed E-state index contributed by atoms with van der Waals surface area (Å²) in [5.41, 5.74) is 1.88. The maximum atomic E-state index is 12.4. The fourth-order valence-corrected chi connectivity index (χ4v) is 4.69. The van der Waals surface area contributed by atoms with Crippen LogP contribution < -0.4 is 19.9 Å². The lowest BCUT2D eigenvalue weighted by Gasteiger charge is -2.28. The van der Waals surface area contributed by atoms with Gasteiger partial charge in [0.1, 0.15) is 43.5 Å². The smallest absolute Gasteiger partial charge is 0.279 e. The number of rotatable bonds is 6. The number of hydrogen-bond acceptors (Lipinski definition) is 4. The van der Waals surface area contributed by atoms with Gasteiger partial charge in [0.2, 0.25) is 0 Å². The lowest BCUT2D eigenvalue weighted by molar-refractivity contribution is -1.01. The molecule has 0 unspecified atom stereocenters. The van der Waals surface area contributed by atoms with Gasteiger partial charge in [-0.1, -0.05) is 18.2 Å². The van der Waals surface area contributed by atoms with Gasteiger partial charge in [-0.25, -0.2) is 4.98 Å². The summed E-state index contributed by atoms with van der Waals surface area (Å²) in [4.78, 5) is 20.0. The first-order valence-electron chi connectivity index (χ1n) is 9.65. The van der Waals surface area contributed by atoms with E-state index in [2.05, 4.69) is 23.5 Å². The molecule has 28 heavy (non-hydrogen) atoms. The number of methoxy groups -OCH3 is 1. The van der Waals surface area contributed by atoms with E-state index in [1.54, 1.807) is 23.3 Å². The average Bonchev–Trinajstić information content (AvgIpc) is 3.12. The van der Waals surface area contributed by atoms with Crippen molar-refractivity contribution in [2.45, 2.75) is 6.54 Å². The van der Waals surface area contributed by atoms with Crippen molar-refractivity contribution in [3.05, 3.63) is 53.5 Å². The molecule has 0 atom stereocenters. The lowest BCUT2D eigenvalue weighted by Crippen LogP contribution is -3.28. The predicted molar refractivity (Wildman–Crippen MR) is 111 cm³/mol. The minimum Gasteiger partial charge on any atom is -0.497 e. The zero-order valence-electron chi connectivity index (χ0n) is 16.0. The van der Waals surface area contributed by atoms with Crippen LogP contribution in [-0.2, 0) is 11.3 Å². The molecular weight excluding hydrogens is 372 g/mol. The van der Waals surface area contributed by atoms with Crippen LogP contribution in [0.1, 0.15) is 5.01 Å². The van der Waals surface area contributed by atoms with Crippen LogP contribution in [0.3, 0.4) is 0 Å². The number of aromatic nitrogens is 1. The SMILES string of the molecule is COc1cccc(NC(=O)C[NH+]2CC[NH+](Cc3nc4ccccc4s3)CC2)c1. The van der Waals surface area contributed by atoms with Crippen molar-refractivity contribution in [3.8, 4) is 5.75 Å². The Morgan fingerprint density at radius 2 is 1.89 bits per heavy atom. The van der Waals surface area contributed by atoms with Crippen molar-refractivity contribution < 1.29 is 19.3 Å². The quantitative estimate of drug-likeness (QED) is 0.557. The van der Waals surface area contributed by atoms with E-state index in [0.717, 1.165) is 49.7 Å². The van der Waals surface area contributed by atoms with Crippen molar-refractivity contribution in [3.63, 3.8) is 0 Å². The highest BCUT2D eigenvalue weighted by atomic mass is 32.1. The fourth-order valence-electron chi connectivity index (χ4n) is 3.65. The third kappa shape index (κ3) is 4.67. The second kappa shape index (κ2) is 8.68. The standard InChI is InChI=1S/C21H24N4O2S/c1-27-17-6-4-5-16(13-17)22-20(26)14-24-9-11-25(12-10-24)15-21-23-18-7-2-3-8-19(18)28-21/h2-8,13H,9-12,14-15H2,1H3,(H,22,26)/p+2. The number of nitrogens with zero attached hydrogens (tertiary/aromatic N) is 1. The summed E-state index contributed by atoms with van der Waals surface area (Å²) < 4.78 is 6.46. The highest BCUT2D eigenvalue weighted by molar-refractivity contribution is 7.18. The molecule has 3 N–H and O–H groups in total. The number of para-hydroxylation sites is 1. The Morgan fingerprint density at radius 1 is 1.11 bits per heavy atom. The monoisotopic (exact) mass is 398 g/mol.